The molecular weight excluding hydrogens is 228 g/mol. The van der Waals surface area contributed by atoms with E-state index in [0.29, 0.717) is 12.7 Å². The van der Waals surface area contributed by atoms with Crippen LogP contribution in [-0.2, 0) is 6.54 Å². The molecule has 1 aromatic carbocycles. The normalized spacial score (nSPS) is 14.8. The number of ether oxygens (including phenoxy) is 2. The van der Waals surface area contributed by atoms with Crippen LogP contribution in [0, 0.1) is 12.8 Å². The first-order valence-corrected chi connectivity index (χ1v) is 6.50. The van der Waals surface area contributed by atoms with Crippen LogP contribution in [0.4, 0.5) is 0 Å². The average molecular weight is 250 g/mol. The summed E-state index contributed by atoms with van der Waals surface area (Å²) >= 11 is 0. The maximum atomic E-state index is 5.59. The van der Waals surface area contributed by atoms with Gasteiger partial charge in [-0.3, -0.25) is 0 Å². The summed E-state index contributed by atoms with van der Waals surface area (Å²) in [6.45, 7) is 7.21. The van der Waals surface area contributed by atoms with Gasteiger partial charge in [-0.15, -0.1) is 0 Å². The van der Waals surface area contributed by atoms with Gasteiger partial charge in [-0.1, -0.05) is 6.92 Å². The number of hydrogen-bond donors (Lipinski definition) is 2. The second-order valence-electron chi connectivity index (χ2n) is 4.94. The number of aryl methyl sites for hydroxylation is 1. The van der Waals surface area contributed by atoms with E-state index in [0.717, 1.165) is 37.6 Å². The van der Waals surface area contributed by atoms with Crippen LogP contribution in [0.2, 0.25) is 0 Å². The second kappa shape index (κ2) is 6.07. The highest BCUT2D eigenvalue weighted by Gasteiger charge is 2.15. The molecule has 4 heteroatoms. The van der Waals surface area contributed by atoms with Crippen molar-refractivity contribution in [3.05, 3.63) is 23.3 Å². The van der Waals surface area contributed by atoms with Crippen LogP contribution < -0.4 is 20.5 Å². The molecular formula is C14H22N2O2. The highest BCUT2D eigenvalue weighted by atomic mass is 16.7. The van der Waals surface area contributed by atoms with Crippen molar-refractivity contribution in [2.75, 3.05) is 19.9 Å². The maximum Gasteiger partial charge on any atom is 0.231 e. The Morgan fingerprint density at radius 3 is 2.78 bits per heavy atom. The second-order valence-corrected chi connectivity index (χ2v) is 4.94. The van der Waals surface area contributed by atoms with E-state index in [1.807, 2.05) is 6.07 Å². The number of nitrogens with two attached hydrogens (primary N) is 1. The fraction of sp³-hybridized carbons (Fsp3) is 0.571. The maximum absolute atomic E-state index is 5.59. The number of rotatable bonds is 6. The first-order valence-electron chi connectivity index (χ1n) is 6.50. The predicted molar refractivity (Wildman–Crippen MR) is 71.8 cm³/mol. The third-order valence-electron chi connectivity index (χ3n) is 3.36. The molecule has 0 fully saturated rings. The van der Waals surface area contributed by atoms with Crippen LogP contribution in [0.25, 0.3) is 0 Å². The van der Waals surface area contributed by atoms with E-state index in [4.69, 9.17) is 15.2 Å². The zero-order chi connectivity index (χ0) is 13.0. The van der Waals surface area contributed by atoms with Gasteiger partial charge in [-0.25, -0.2) is 0 Å². The van der Waals surface area contributed by atoms with E-state index in [-0.39, 0.29) is 0 Å². The van der Waals surface area contributed by atoms with E-state index < -0.39 is 0 Å². The van der Waals surface area contributed by atoms with Crippen LogP contribution in [0.15, 0.2) is 12.1 Å². The third-order valence-corrected chi connectivity index (χ3v) is 3.36. The van der Waals surface area contributed by atoms with Crippen LogP contribution in [-0.4, -0.2) is 19.9 Å². The molecule has 0 spiro atoms. The molecule has 4 nitrogen and oxygen atoms in total. The summed E-state index contributed by atoms with van der Waals surface area (Å²) in [6.07, 6.45) is 1.11. The van der Waals surface area contributed by atoms with Gasteiger partial charge in [0, 0.05) is 6.54 Å². The molecule has 1 atom stereocenters. The van der Waals surface area contributed by atoms with Crippen molar-refractivity contribution < 1.29 is 9.47 Å². The molecule has 1 aromatic rings. The van der Waals surface area contributed by atoms with E-state index in [1.54, 1.807) is 0 Å². The lowest BCUT2D eigenvalue weighted by atomic mass is 10.1. The standard InChI is InChI=1S/C14H22N2O2/c1-10(7-15)3-4-16-8-12-6-14-13(5-11(12)2)17-9-18-14/h5-6,10,16H,3-4,7-9,15H2,1-2H3. The molecule has 1 aliphatic heterocycles. The Morgan fingerprint density at radius 2 is 2.06 bits per heavy atom. The van der Waals surface area contributed by atoms with E-state index in [2.05, 4.69) is 25.2 Å². The Balaban J connectivity index is 1.86. The highest BCUT2D eigenvalue weighted by Crippen LogP contribution is 2.34. The number of nitrogens with one attached hydrogen (secondary N) is 1. The summed E-state index contributed by atoms with van der Waals surface area (Å²) in [5, 5.41) is 3.45. The van der Waals surface area contributed by atoms with Crippen molar-refractivity contribution in [2.24, 2.45) is 11.7 Å². The summed E-state index contributed by atoms with van der Waals surface area (Å²) in [5.74, 6) is 2.29. The Hall–Kier alpha value is -1.26. The quantitative estimate of drug-likeness (QED) is 0.756. The molecule has 0 saturated carbocycles. The Bertz CT molecular complexity index is 407. The van der Waals surface area contributed by atoms with Gasteiger partial charge in [0.15, 0.2) is 11.5 Å². The topological polar surface area (TPSA) is 56.5 Å². The van der Waals surface area contributed by atoms with Gasteiger partial charge in [0.1, 0.15) is 0 Å². The van der Waals surface area contributed by atoms with Crippen molar-refractivity contribution in [1.29, 1.82) is 0 Å². The minimum Gasteiger partial charge on any atom is -0.454 e. The van der Waals surface area contributed by atoms with Crippen molar-refractivity contribution in [3.8, 4) is 11.5 Å². The molecule has 1 aliphatic rings. The zero-order valence-electron chi connectivity index (χ0n) is 11.2. The molecule has 18 heavy (non-hydrogen) atoms. The van der Waals surface area contributed by atoms with E-state index >= 15 is 0 Å². The monoisotopic (exact) mass is 250 g/mol. The molecule has 2 rings (SSSR count). The summed E-state index contributed by atoms with van der Waals surface area (Å²) in [6, 6.07) is 4.11. The SMILES string of the molecule is Cc1cc2c(cc1CNCCC(C)CN)OCO2. The molecule has 0 radical (unpaired) electrons. The minimum atomic E-state index is 0.333. The Kier molecular flexibility index (Phi) is 4.44. The fourth-order valence-electron chi connectivity index (χ4n) is 1.97. The van der Waals surface area contributed by atoms with Gasteiger partial charge in [-0.05, 0) is 55.6 Å². The number of fused-ring (bicyclic) bond motifs is 1. The number of benzene rings is 1. The molecule has 100 valence electrons. The molecule has 0 amide bonds. The summed E-state index contributed by atoms with van der Waals surface area (Å²) in [4.78, 5) is 0. The lowest BCUT2D eigenvalue weighted by Gasteiger charge is -2.11. The van der Waals surface area contributed by atoms with Crippen LogP contribution >= 0.6 is 0 Å². The molecule has 3 N–H and O–H groups in total. The summed E-state index contributed by atoms with van der Waals surface area (Å²) < 4.78 is 10.7. The largest absolute Gasteiger partial charge is 0.454 e. The fourth-order valence-corrected chi connectivity index (χ4v) is 1.97. The molecule has 1 unspecified atom stereocenters. The van der Waals surface area contributed by atoms with E-state index in [9.17, 15) is 0 Å². The van der Waals surface area contributed by atoms with Gasteiger partial charge in [-0.2, -0.15) is 0 Å². The Morgan fingerprint density at radius 1 is 1.33 bits per heavy atom. The smallest absolute Gasteiger partial charge is 0.231 e. The zero-order valence-corrected chi connectivity index (χ0v) is 11.2. The first-order chi connectivity index (χ1) is 8.70. The average Bonchev–Trinajstić information content (AvgIpc) is 2.81. The predicted octanol–water partition coefficient (Wildman–Crippen LogP) is 1.80. The van der Waals surface area contributed by atoms with Gasteiger partial charge in [0.25, 0.3) is 0 Å². The lowest BCUT2D eigenvalue weighted by Crippen LogP contribution is -2.20. The van der Waals surface area contributed by atoms with Crippen LogP contribution in [0.3, 0.4) is 0 Å². The van der Waals surface area contributed by atoms with Crippen molar-refractivity contribution in [3.63, 3.8) is 0 Å². The molecule has 0 aliphatic carbocycles. The molecule has 1 heterocycles. The van der Waals surface area contributed by atoms with Crippen molar-refractivity contribution in [1.82, 2.24) is 5.32 Å². The highest BCUT2D eigenvalue weighted by molar-refractivity contribution is 5.48. The van der Waals surface area contributed by atoms with Gasteiger partial charge in [0.2, 0.25) is 6.79 Å². The van der Waals surface area contributed by atoms with Crippen LogP contribution in [0.1, 0.15) is 24.5 Å². The third kappa shape index (κ3) is 3.15. The molecule has 0 aromatic heterocycles. The van der Waals surface area contributed by atoms with Crippen LogP contribution in [0.5, 0.6) is 11.5 Å². The Labute approximate surface area is 108 Å². The summed E-state index contributed by atoms with van der Waals surface area (Å²) in [5.41, 5.74) is 8.09. The van der Waals surface area contributed by atoms with Gasteiger partial charge in [0.05, 0.1) is 0 Å². The lowest BCUT2D eigenvalue weighted by molar-refractivity contribution is 0.174. The van der Waals surface area contributed by atoms with E-state index in [1.165, 1.54) is 11.1 Å². The minimum absolute atomic E-state index is 0.333. The van der Waals surface area contributed by atoms with Crippen molar-refractivity contribution in [2.45, 2.75) is 26.8 Å². The number of hydrogen-bond acceptors (Lipinski definition) is 4. The van der Waals surface area contributed by atoms with Gasteiger partial charge < -0.3 is 20.5 Å². The first kappa shape index (κ1) is 13.2. The molecule has 0 bridgehead atoms. The molecule has 0 saturated heterocycles. The van der Waals surface area contributed by atoms with Crippen molar-refractivity contribution >= 4 is 0 Å². The van der Waals surface area contributed by atoms with Gasteiger partial charge >= 0.3 is 0 Å². The summed E-state index contributed by atoms with van der Waals surface area (Å²) in [7, 11) is 0.